The quantitative estimate of drug-likeness (QED) is 0.878. The first kappa shape index (κ1) is 14.3. The number of nitrogens with one attached hydrogen (secondary N) is 1. The Morgan fingerprint density at radius 1 is 1.33 bits per heavy atom. The van der Waals surface area contributed by atoms with Gasteiger partial charge in [-0.1, -0.05) is 13.0 Å². The van der Waals surface area contributed by atoms with Crippen molar-refractivity contribution < 1.29 is 4.39 Å². The Balaban J connectivity index is 1.87. The van der Waals surface area contributed by atoms with Crippen molar-refractivity contribution in [3.05, 3.63) is 41.5 Å². The minimum absolute atomic E-state index is 0.177. The number of halogens is 1. The maximum Gasteiger partial charge on any atom is 0.131 e. The first-order valence-corrected chi connectivity index (χ1v) is 7.73. The van der Waals surface area contributed by atoms with Crippen molar-refractivity contribution in [2.24, 2.45) is 0 Å². The lowest BCUT2D eigenvalue weighted by Crippen LogP contribution is -2.15. The van der Waals surface area contributed by atoms with Crippen LogP contribution >= 0.6 is 0 Å². The van der Waals surface area contributed by atoms with Gasteiger partial charge < -0.3 is 5.32 Å². The van der Waals surface area contributed by atoms with Crippen LogP contribution in [0, 0.1) is 12.7 Å². The summed E-state index contributed by atoms with van der Waals surface area (Å²) in [6, 6.07) is 6.04. The van der Waals surface area contributed by atoms with Crippen molar-refractivity contribution in [1.29, 1.82) is 0 Å². The third kappa shape index (κ3) is 3.16. The molecule has 0 bridgehead atoms. The lowest BCUT2D eigenvalue weighted by molar-refractivity contribution is 0.587. The molecule has 0 radical (unpaired) electrons. The molecule has 1 aliphatic carbocycles. The van der Waals surface area contributed by atoms with Gasteiger partial charge in [-0.2, -0.15) is 5.10 Å². The van der Waals surface area contributed by atoms with Gasteiger partial charge in [-0.3, -0.25) is 4.68 Å². The van der Waals surface area contributed by atoms with Crippen molar-refractivity contribution in [3.63, 3.8) is 0 Å². The zero-order valence-electron chi connectivity index (χ0n) is 12.7. The lowest BCUT2D eigenvalue weighted by atomic mass is 10.0. The molecule has 0 saturated heterocycles. The normalized spacial score (nSPS) is 14.6. The predicted octanol–water partition coefficient (Wildman–Crippen LogP) is 3.66. The van der Waals surface area contributed by atoms with E-state index in [1.807, 2.05) is 23.7 Å². The molecule has 1 saturated carbocycles. The maximum atomic E-state index is 14.2. The van der Waals surface area contributed by atoms with Gasteiger partial charge in [-0.25, -0.2) is 4.39 Å². The van der Waals surface area contributed by atoms with Gasteiger partial charge in [0.1, 0.15) is 5.82 Å². The van der Waals surface area contributed by atoms with Crippen LogP contribution in [-0.2, 0) is 13.1 Å². The van der Waals surface area contributed by atoms with Crippen LogP contribution in [0.15, 0.2) is 24.4 Å². The Labute approximate surface area is 125 Å². The van der Waals surface area contributed by atoms with Crippen molar-refractivity contribution in [2.75, 3.05) is 0 Å². The summed E-state index contributed by atoms with van der Waals surface area (Å²) in [5, 5.41) is 7.84. The first-order valence-electron chi connectivity index (χ1n) is 7.73. The second kappa shape index (κ2) is 5.98. The average molecular weight is 287 g/mol. The molecule has 112 valence electrons. The molecule has 1 fully saturated rings. The third-order valence-corrected chi connectivity index (χ3v) is 4.03. The van der Waals surface area contributed by atoms with Gasteiger partial charge in [-0.15, -0.1) is 0 Å². The van der Waals surface area contributed by atoms with Crippen molar-refractivity contribution in [1.82, 2.24) is 15.1 Å². The van der Waals surface area contributed by atoms with Crippen molar-refractivity contribution in [2.45, 2.75) is 52.2 Å². The third-order valence-electron chi connectivity index (χ3n) is 4.03. The fraction of sp³-hybridized carbons (Fsp3) is 0.471. The zero-order chi connectivity index (χ0) is 14.8. The zero-order valence-corrected chi connectivity index (χ0v) is 12.7. The van der Waals surface area contributed by atoms with Gasteiger partial charge in [-0.05, 0) is 43.9 Å². The molecular formula is C17H22FN3. The number of nitrogens with zero attached hydrogens (tertiary/aromatic N) is 2. The lowest BCUT2D eigenvalue weighted by Gasteiger charge is -2.08. The molecule has 0 spiro atoms. The molecule has 21 heavy (non-hydrogen) atoms. The summed E-state index contributed by atoms with van der Waals surface area (Å²) in [7, 11) is 0. The molecule has 4 heteroatoms. The molecule has 1 heterocycles. The minimum atomic E-state index is -0.177. The first-order chi connectivity index (χ1) is 10.2. The Morgan fingerprint density at radius 2 is 2.14 bits per heavy atom. The van der Waals surface area contributed by atoms with Crippen molar-refractivity contribution in [3.8, 4) is 11.1 Å². The van der Waals surface area contributed by atoms with Gasteiger partial charge >= 0.3 is 0 Å². The van der Waals surface area contributed by atoms with E-state index in [4.69, 9.17) is 0 Å². The van der Waals surface area contributed by atoms with Crippen LogP contribution in [-0.4, -0.2) is 15.8 Å². The number of rotatable bonds is 6. The summed E-state index contributed by atoms with van der Waals surface area (Å²) in [6.07, 6.45) is 5.32. The largest absolute Gasteiger partial charge is 0.310 e. The Bertz CT molecular complexity index is 629. The van der Waals surface area contributed by atoms with Crippen LogP contribution in [0.25, 0.3) is 11.1 Å². The van der Waals surface area contributed by atoms with Crippen LogP contribution in [0.2, 0.25) is 0 Å². The van der Waals surface area contributed by atoms with Crippen LogP contribution in [0.5, 0.6) is 0 Å². The highest BCUT2D eigenvalue weighted by Crippen LogP contribution is 2.27. The molecule has 3 nitrogen and oxygen atoms in total. The summed E-state index contributed by atoms with van der Waals surface area (Å²) < 4.78 is 16.1. The average Bonchev–Trinajstić information content (AvgIpc) is 3.24. The topological polar surface area (TPSA) is 29.9 Å². The molecule has 1 N–H and O–H groups in total. The Morgan fingerprint density at radius 3 is 2.86 bits per heavy atom. The minimum Gasteiger partial charge on any atom is -0.310 e. The van der Waals surface area contributed by atoms with E-state index < -0.39 is 0 Å². The van der Waals surface area contributed by atoms with E-state index in [1.54, 1.807) is 12.3 Å². The van der Waals surface area contributed by atoms with Gasteiger partial charge in [0.15, 0.2) is 0 Å². The number of hydrogen-bond donors (Lipinski definition) is 1. The molecule has 0 amide bonds. The summed E-state index contributed by atoms with van der Waals surface area (Å²) in [6.45, 7) is 5.80. The van der Waals surface area contributed by atoms with Crippen LogP contribution in [0.4, 0.5) is 4.39 Å². The smallest absolute Gasteiger partial charge is 0.131 e. The fourth-order valence-electron chi connectivity index (χ4n) is 2.59. The molecule has 0 aliphatic heterocycles. The number of aromatic nitrogens is 2. The van der Waals surface area contributed by atoms with Crippen LogP contribution < -0.4 is 5.32 Å². The standard InChI is InChI=1S/C17H22FN3/c1-3-8-21-12(2)16(11-20-21)15-9-13(4-7-17(15)18)10-19-14-5-6-14/h4,7,9,11,14,19H,3,5-6,8,10H2,1-2H3. The highest BCUT2D eigenvalue weighted by Gasteiger charge is 2.20. The van der Waals surface area contributed by atoms with Gasteiger partial charge in [0.05, 0.1) is 6.20 Å². The second-order valence-electron chi connectivity index (χ2n) is 5.84. The summed E-state index contributed by atoms with van der Waals surface area (Å²) in [5.74, 6) is -0.177. The van der Waals surface area contributed by atoms with E-state index in [1.165, 1.54) is 12.8 Å². The van der Waals surface area contributed by atoms with Gasteiger partial charge in [0, 0.05) is 36.0 Å². The van der Waals surface area contributed by atoms with Crippen molar-refractivity contribution >= 4 is 0 Å². The molecule has 1 aromatic carbocycles. The monoisotopic (exact) mass is 287 g/mol. The molecule has 1 aromatic heterocycles. The molecule has 1 aliphatic rings. The Kier molecular flexibility index (Phi) is 4.06. The number of hydrogen-bond acceptors (Lipinski definition) is 2. The highest BCUT2D eigenvalue weighted by atomic mass is 19.1. The van der Waals surface area contributed by atoms with E-state index in [0.717, 1.165) is 36.3 Å². The summed E-state index contributed by atoms with van der Waals surface area (Å²) in [5.41, 5.74) is 3.71. The predicted molar refractivity (Wildman–Crippen MR) is 82.5 cm³/mol. The molecule has 0 atom stereocenters. The van der Waals surface area contributed by atoms with E-state index in [9.17, 15) is 4.39 Å². The molecule has 2 aromatic rings. The molecular weight excluding hydrogens is 265 g/mol. The van der Waals surface area contributed by atoms with E-state index in [0.29, 0.717) is 11.6 Å². The maximum absolute atomic E-state index is 14.2. The highest BCUT2D eigenvalue weighted by molar-refractivity contribution is 5.66. The van der Waals surface area contributed by atoms with Gasteiger partial charge in [0.2, 0.25) is 0 Å². The van der Waals surface area contributed by atoms with E-state index in [2.05, 4.69) is 17.3 Å². The summed E-state index contributed by atoms with van der Waals surface area (Å²) in [4.78, 5) is 0. The SMILES string of the molecule is CCCn1ncc(-c2cc(CNC3CC3)ccc2F)c1C. The van der Waals surface area contributed by atoms with Crippen LogP contribution in [0.3, 0.4) is 0 Å². The molecule has 0 unspecified atom stereocenters. The van der Waals surface area contributed by atoms with E-state index in [-0.39, 0.29) is 5.82 Å². The second-order valence-corrected chi connectivity index (χ2v) is 5.84. The number of benzene rings is 1. The Hall–Kier alpha value is -1.68. The number of aryl methyl sites for hydroxylation is 1. The fourth-order valence-corrected chi connectivity index (χ4v) is 2.59. The molecule has 3 rings (SSSR count). The van der Waals surface area contributed by atoms with Crippen LogP contribution in [0.1, 0.15) is 37.4 Å². The van der Waals surface area contributed by atoms with Gasteiger partial charge in [0.25, 0.3) is 0 Å². The van der Waals surface area contributed by atoms with E-state index >= 15 is 0 Å². The summed E-state index contributed by atoms with van der Waals surface area (Å²) >= 11 is 0.